The van der Waals surface area contributed by atoms with Gasteiger partial charge in [0.15, 0.2) is 6.10 Å². The number of rotatable bonds is 6. The van der Waals surface area contributed by atoms with Crippen LogP contribution in [0.2, 0.25) is 0 Å². The second kappa shape index (κ2) is 8.88. The van der Waals surface area contributed by atoms with Gasteiger partial charge >= 0.3 is 0 Å². The second-order valence-corrected chi connectivity index (χ2v) is 6.51. The van der Waals surface area contributed by atoms with Crippen molar-refractivity contribution in [3.63, 3.8) is 0 Å². The normalized spacial score (nSPS) is 11.3. The Hall–Kier alpha value is -3.58. The largest absolute Gasteiger partial charge is 0.481 e. The highest BCUT2D eigenvalue weighted by Crippen LogP contribution is 2.23. The minimum Gasteiger partial charge on any atom is -0.481 e. The van der Waals surface area contributed by atoms with Crippen LogP contribution in [0.5, 0.6) is 5.75 Å². The predicted molar refractivity (Wildman–Crippen MR) is 111 cm³/mol. The Kier molecular flexibility index (Phi) is 6.08. The number of ether oxygens (including phenoxy) is 1. The van der Waals surface area contributed by atoms with Crippen molar-refractivity contribution in [1.82, 2.24) is 0 Å². The van der Waals surface area contributed by atoms with Gasteiger partial charge in [0.2, 0.25) is 0 Å². The highest BCUT2D eigenvalue weighted by molar-refractivity contribution is 5.94. The second-order valence-electron chi connectivity index (χ2n) is 6.51. The molecule has 0 fully saturated rings. The van der Waals surface area contributed by atoms with Crippen molar-refractivity contribution >= 4 is 11.6 Å². The van der Waals surface area contributed by atoms with Gasteiger partial charge in [-0.1, -0.05) is 43.3 Å². The lowest BCUT2D eigenvalue weighted by atomic mass is 10.0. The van der Waals surface area contributed by atoms with E-state index in [0.29, 0.717) is 11.3 Å². The van der Waals surface area contributed by atoms with Crippen LogP contribution < -0.4 is 10.1 Å². The van der Waals surface area contributed by atoms with Crippen molar-refractivity contribution < 1.29 is 9.53 Å². The third kappa shape index (κ3) is 4.77. The van der Waals surface area contributed by atoms with Crippen LogP contribution in [0.3, 0.4) is 0 Å². The van der Waals surface area contributed by atoms with E-state index in [2.05, 4.69) is 18.3 Å². The van der Waals surface area contributed by atoms with E-state index in [9.17, 15) is 4.79 Å². The van der Waals surface area contributed by atoms with Crippen LogP contribution in [0.1, 0.15) is 25.0 Å². The third-order valence-electron chi connectivity index (χ3n) is 4.51. The van der Waals surface area contributed by atoms with E-state index in [4.69, 9.17) is 10.00 Å². The Morgan fingerprint density at radius 3 is 2.07 bits per heavy atom. The fourth-order valence-electron chi connectivity index (χ4n) is 2.79. The molecule has 0 aliphatic carbocycles. The van der Waals surface area contributed by atoms with Gasteiger partial charge < -0.3 is 10.1 Å². The molecule has 1 N–H and O–H groups in total. The molecule has 28 heavy (non-hydrogen) atoms. The molecule has 0 radical (unpaired) electrons. The van der Waals surface area contributed by atoms with Crippen LogP contribution in [0.15, 0.2) is 72.8 Å². The van der Waals surface area contributed by atoms with Gasteiger partial charge in [-0.2, -0.15) is 5.26 Å². The SMILES string of the molecule is CCc1ccc(NC(=O)[C@H](C)Oc2ccc(-c3ccc(C#N)cc3)cc2)cc1. The van der Waals surface area contributed by atoms with Crippen molar-refractivity contribution in [1.29, 1.82) is 5.26 Å². The first-order chi connectivity index (χ1) is 13.6. The van der Waals surface area contributed by atoms with Crippen LogP contribution in [0, 0.1) is 11.3 Å². The third-order valence-corrected chi connectivity index (χ3v) is 4.51. The standard InChI is InChI=1S/C24H22N2O2/c1-3-18-6-12-22(13-7-18)26-24(27)17(2)28-23-14-10-21(11-15-23)20-8-4-19(16-25)5-9-20/h4-15,17H,3H2,1-2H3,(H,26,27)/t17-/m0/s1. The maximum atomic E-state index is 12.4. The quantitative estimate of drug-likeness (QED) is 0.649. The van der Waals surface area contributed by atoms with E-state index in [1.54, 1.807) is 19.1 Å². The number of benzene rings is 3. The van der Waals surface area contributed by atoms with Crippen LogP contribution in [0.4, 0.5) is 5.69 Å². The van der Waals surface area contributed by atoms with Gasteiger partial charge in [-0.25, -0.2) is 0 Å². The van der Waals surface area contributed by atoms with Gasteiger partial charge in [-0.05, 0) is 66.4 Å². The Morgan fingerprint density at radius 2 is 1.54 bits per heavy atom. The van der Waals surface area contributed by atoms with Crippen LogP contribution in [0.25, 0.3) is 11.1 Å². The van der Waals surface area contributed by atoms with Crippen LogP contribution in [-0.4, -0.2) is 12.0 Å². The molecule has 0 aliphatic heterocycles. The molecule has 1 atom stereocenters. The molecule has 3 aromatic carbocycles. The van der Waals surface area contributed by atoms with Gasteiger partial charge in [0.05, 0.1) is 11.6 Å². The highest BCUT2D eigenvalue weighted by atomic mass is 16.5. The van der Waals surface area contributed by atoms with Crippen LogP contribution in [-0.2, 0) is 11.2 Å². The number of aryl methyl sites for hydroxylation is 1. The lowest BCUT2D eigenvalue weighted by Crippen LogP contribution is -2.30. The first kappa shape index (κ1) is 19.2. The molecule has 0 saturated heterocycles. The lowest BCUT2D eigenvalue weighted by Gasteiger charge is -2.15. The van der Waals surface area contributed by atoms with Crippen molar-refractivity contribution in [2.45, 2.75) is 26.4 Å². The van der Waals surface area contributed by atoms with Gasteiger partial charge in [0, 0.05) is 5.69 Å². The first-order valence-electron chi connectivity index (χ1n) is 9.26. The molecule has 0 unspecified atom stereocenters. The van der Waals surface area contributed by atoms with Crippen molar-refractivity contribution in [3.05, 3.63) is 83.9 Å². The summed E-state index contributed by atoms with van der Waals surface area (Å²) in [4.78, 5) is 12.4. The van der Waals surface area contributed by atoms with E-state index in [-0.39, 0.29) is 5.91 Å². The zero-order valence-corrected chi connectivity index (χ0v) is 16.0. The van der Waals surface area contributed by atoms with Crippen LogP contribution >= 0.6 is 0 Å². The average Bonchev–Trinajstić information content (AvgIpc) is 2.75. The number of carbonyl (C=O) groups is 1. The number of hydrogen-bond donors (Lipinski definition) is 1. The summed E-state index contributed by atoms with van der Waals surface area (Å²) in [6.07, 6.45) is 0.346. The summed E-state index contributed by atoms with van der Waals surface area (Å²) in [6, 6.07) is 24.9. The fourth-order valence-corrected chi connectivity index (χ4v) is 2.79. The predicted octanol–water partition coefficient (Wildman–Crippen LogP) is 5.19. The number of hydrogen-bond acceptors (Lipinski definition) is 3. The van der Waals surface area contributed by atoms with E-state index in [1.807, 2.05) is 60.7 Å². The van der Waals surface area contributed by atoms with E-state index >= 15 is 0 Å². The summed E-state index contributed by atoms with van der Waals surface area (Å²) in [5.41, 5.74) is 4.66. The maximum Gasteiger partial charge on any atom is 0.265 e. The summed E-state index contributed by atoms with van der Waals surface area (Å²) in [5.74, 6) is 0.432. The monoisotopic (exact) mass is 370 g/mol. The Balaban J connectivity index is 1.60. The highest BCUT2D eigenvalue weighted by Gasteiger charge is 2.15. The van der Waals surface area contributed by atoms with Crippen molar-refractivity contribution in [3.8, 4) is 22.9 Å². The molecule has 0 saturated carbocycles. The van der Waals surface area contributed by atoms with Crippen molar-refractivity contribution in [2.24, 2.45) is 0 Å². The van der Waals surface area contributed by atoms with Gasteiger partial charge in [0.1, 0.15) is 5.75 Å². The minimum atomic E-state index is -0.619. The zero-order valence-electron chi connectivity index (χ0n) is 16.0. The topological polar surface area (TPSA) is 62.1 Å². The maximum absolute atomic E-state index is 12.4. The van der Waals surface area contributed by atoms with Gasteiger partial charge in [-0.15, -0.1) is 0 Å². The minimum absolute atomic E-state index is 0.194. The smallest absolute Gasteiger partial charge is 0.265 e. The fraction of sp³-hybridized carbons (Fsp3) is 0.167. The average molecular weight is 370 g/mol. The molecule has 0 aromatic heterocycles. The molecule has 3 aromatic rings. The molecule has 4 nitrogen and oxygen atoms in total. The summed E-state index contributed by atoms with van der Waals surface area (Å²) in [6.45, 7) is 3.82. The molecular weight excluding hydrogens is 348 g/mol. The van der Waals surface area contributed by atoms with E-state index in [0.717, 1.165) is 23.2 Å². The van der Waals surface area contributed by atoms with Gasteiger partial charge in [0.25, 0.3) is 5.91 Å². The van der Waals surface area contributed by atoms with E-state index in [1.165, 1.54) is 5.56 Å². The lowest BCUT2D eigenvalue weighted by molar-refractivity contribution is -0.122. The number of anilines is 1. The number of nitrogens with zero attached hydrogens (tertiary/aromatic N) is 1. The Morgan fingerprint density at radius 1 is 0.964 bits per heavy atom. The number of nitriles is 1. The van der Waals surface area contributed by atoms with E-state index < -0.39 is 6.10 Å². The summed E-state index contributed by atoms with van der Waals surface area (Å²) < 4.78 is 5.77. The summed E-state index contributed by atoms with van der Waals surface area (Å²) >= 11 is 0. The van der Waals surface area contributed by atoms with Gasteiger partial charge in [-0.3, -0.25) is 4.79 Å². The molecule has 0 heterocycles. The Labute approximate surface area is 165 Å². The molecule has 0 aliphatic rings. The zero-order chi connectivity index (χ0) is 19.9. The molecule has 0 bridgehead atoms. The first-order valence-corrected chi connectivity index (χ1v) is 9.26. The van der Waals surface area contributed by atoms with Crippen molar-refractivity contribution in [2.75, 3.05) is 5.32 Å². The Bertz CT molecular complexity index is 969. The summed E-state index contributed by atoms with van der Waals surface area (Å²) in [7, 11) is 0. The molecule has 140 valence electrons. The summed E-state index contributed by atoms with van der Waals surface area (Å²) in [5, 5.41) is 11.8. The number of nitrogens with one attached hydrogen (secondary N) is 1. The molecule has 4 heteroatoms. The number of carbonyl (C=O) groups excluding carboxylic acids is 1. The molecule has 3 rings (SSSR count). The molecule has 0 spiro atoms. The molecule has 1 amide bonds. The molecular formula is C24H22N2O2. The number of amides is 1.